The summed E-state index contributed by atoms with van der Waals surface area (Å²) in [5, 5.41) is 20.6. The number of aliphatic carboxylic acids is 1. The molecule has 50 heavy (non-hydrogen) atoms. The summed E-state index contributed by atoms with van der Waals surface area (Å²) >= 11 is 0. The number of imidazole rings is 1. The van der Waals surface area contributed by atoms with Crippen LogP contribution < -0.4 is 0 Å². The van der Waals surface area contributed by atoms with E-state index in [9.17, 15) is 19.8 Å². The fraction of sp³-hybridized carbons (Fsp3) is 0.725. The molecule has 0 amide bonds. The molecule has 0 spiro atoms. The van der Waals surface area contributed by atoms with Gasteiger partial charge >= 0.3 is 5.97 Å². The number of benzene rings is 1. The summed E-state index contributed by atoms with van der Waals surface area (Å²) in [7, 11) is -2.63. The molecule has 0 fully saturated rings. The van der Waals surface area contributed by atoms with Gasteiger partial charge in [0.25, 0.3) is 0 Å². The Morgan fingerprint density at radius 3 is 2.04 bits per heavy atom. The van der Waals surface area contributed by atoms with Gasteiger partial charge in [-0.25, -0.2) is 4.98 Å². The lowest BCUT2D eigenvalue weighted by molar-refractivity contribution is -0.146. The van der Waals surface area contributed by atoms with Gasteiger partial charge in [0, 0.05) is 18.4 Å². The predicted molar refractivity (Wildman–Crippen MR) is 212 cm³/mol. The lowest BCUT2D eigenvalue weighted by atomic mass is 9.73. The number of aromatic nitrogens is 2. The molecule has 2 aromatic rings. The maximum atomic E-state index is 14.5. The molecule has 0 aliphatic heterocycles. The van der Waals surface area contributed by atoms with E-state index in [4.69, 9.17) is 8.85 Å². The van der Waals surface area contributed by atoms with Crippen LogP contribution >= 0.6 is 0 Å². The van der Waals surface area contributed by atoms with Gasteiger partial charge in [0.2, 0.25) is 0 Å². The van der Waals surface area contributed by atoms with E-state index >= 15 is 0 Å². The Labute approximate surface area is 305 Å². The van der Waals surface area contributed by atoms with Gasteiger partial charge in [0.15, 0.2) is 16.6 Å². The van der Waals surface area contributed by atoms with Crippen molar-refractivity contribution < 1.29 is 28.7 Å². The third-order valence-electron chi connectivity index (χ3n) is 11.8. The topological polar surface area (TPSA) is 111 Å². The van der Waals surface area contributed by atoms with Crippen molar-refractivity contribution in [3.8, 4) is 0 Å². The van der Waals surface area contributed by atoms with Crippen LogP contribution in [0, 0.1) is 24.2 Å². The Bertz CT molecular complexity index is 1480. The SMILES string of the molecule is Cc1nc2cc([C@@H](O)C/C=C/CCC[C@H](C)[C@H](O[Si](C)(C)C(C)(C)C)[C@@H](C)C(=O)C(C)(C)[C@H](CC(=O)O)O[Si](C)(C)C(C)(C)C)ccc2n1C. The van der Waals surface area contributed by atoms with E-state index in [1.165, 1.54) is 0 Å². The van der Waals surface area contributed by atoms with Crippen molar-refractivity contribution in [3.05, 3.63) is 41.7 Å². The van der Waals surface area contributed by atoms with Gasteiger partial charge in [-0.2, -0.15) is 0 Å². The molecule has 0 bridgehead atoms. The molecule has 0 saturated heterocycles. The summed E-state index contributed by atoms with van der Waals surface area (Å²) in [5.41, 5.74) is 1.79. The Balaban J connectivity index is 2.20. The average Bonchev–Trinajstić information content (AvgIpc) is 3.26. The highest BCUT2D eigenvalue weighted by atomic mass is 28.4. The quantitative estimate of drug-likeness (QED) is 0.0892. The molecule has 1 aromatic carbocycles. The summed E-state index contributed by atoms with van der Waals surface area (Å²) in [5.74, 6) is -0.371. The Morgan fingerprint density at radius 2 is 1.50 bits per heavy atom. The number of fused-ring (bicyclic) bond motifs is 1. The number of unbranched alkanes of at least 4 members (excludes halogenated alkanes) is 1. The number of hydrogen-bond acceptors (Lipinski definition) is 6. The first-order valence-corrected chi connectivity index (χ1v) is 24.3. The minimum Gasteiger partial charge on any atom is -0.481 e. The number of allylic oxidation sites excluding steroid dienone is 1. The molecule has 8 nitrogen and oxygen atoms in total. The Kier molecular flexibility index (Phi) is 14.7. The first-order chi connectivity index (χ1) is 22.6. The van der Waals surface area contributed by atoms with Gasteiger partial charge in [-0.05, 0) is 92.5 Å². The summed E-state index contributed by atoms with van der Waals surface area (Å²) in [6, 6.07) is 5.96. The minimum atomic E-state index is -2.37. The number of aliphatic hydroxyl groups excluding tert-OH is 1. The number of carboxylic acids is 1. The van der Waals surface area contributed by atoms with Crippen LogP contribution in [0.1, 0.15) is 119 Å². The molecular formula is C40H70N2O6Si2. The highest BCUT2D eigenvalue weighted by Gasteiger charge is 2.49. The Morgan fingerprint density at radius 1 is 0.940 bits per heavy atom. The normalized spacial score (nSPS) is 16.8. The van der Waals surface area contributed by atoms with Crippen LogP contribution in [-0.2, 0) is 25.5 Å². The van der Waals surface area contributed by atoms with Crippen molar-refractivity contribution in [3.63, 3.8) is 0 Å². The van der Waals surface area contributed by atoms with E-state index < -0.39 is 46.1 Å². The third kappa shape index (κ3) is 10.9. The number of nitrogens with zero attached hydrogens (tertiary/aromatic N) is 2. The van der Waals surface area contributed by atoms with Crippen LogP contribution in [0.15, 0.2) is 30.4 Å². The molecule has 0 saturated carbocycles. The van der Waals surface area contributed by atoms with E-state index in [1.54, 1.807) is 0 Å². The molecule has 2 N–H and O–H groups in total. The van der Waals surface area contributed by atoms with Gasteiger partial charge in [0.05, 0.1) is 35.8 Å². The minimum absolute atomic E-state index is 0.00838. The van der Waals surface area contributed by atoms with Crippen LogP contribution in [0.5, 0.6) is 0 Å². The first-order valence-electron chi connectivity index (χ1n) is 18.5. The molecule has 0 aliphatic carbocycles. The number of carbonyl (C=O) groups excluding carboxylic acids is 1. The van der Waals surface area contributed by atoms with Crippen molar-refractivity contribution in [2.24, 2.45) is 24.3 Å². The molecule has 0 aliphatic rings. The number of rotatable bonds is 18. The Hall–Kier alpha value is -2.12. The van der Waals surface area contributed by atoms with Gasteiger partial charge in [-0.1, -0.05) is 87.5 Å². The van der Waals surface area contributed by atoms with E-state index in [2.05, 4.69) is 85.7 Å². The monoisotopic (exact) mass is 730 g/mol. The summed E-state index contributed by atoms with van der Waals surface area (Å²) in [6.45, 7) is 31.5. The second kappa shape index (κ2) is 16.7. The highest BCUT2D eigenvalue weighted by molar-refractivity contribution is 6.74. The van der Waals surface area contributed by atoms with Gasteiger partial charge in [-0.3, -0.25) is 9.59 Å². The van der Waals surface area contributed by atoms with E-state index in [0.29, 0.717) is 6.42 Å². The zero-order valence-corrected chi connectivity index (χ0v) is 36.2. The van der Waals surface area contributed by atoms with Crippen molar-refractivity contribution in [1.29, 1.82) is 0 Å². The van der Waals surface area contributed by atoms with Crippen LogP contribution in [-0.4, -0.2) is 60.4 Å². The molecule has 0 radical (unpaired) electrons. The van der Waals surface area contributed by atoms with Crippen LogP contribution in [0.3, 0.4) is 0 Å². The zero-order valence-electron chi connectivity index (χ0n) is 34.2. The second-order valence-corrected chi connectivity index (χ2v) is 27.8. The number of hydrogen-bond donors (Lipinski definition) is 2. The van der Waals surface area contributed by atoms with Crippen molar-refractivity contribution in [1.82, 2.24) is 9.55 Å². The molecule has 5 atom stereocenters. The highest BCUT2D eigenvalue weighted by Crippen LogP contribution is 2.44. The number of aryl methyl sites for hydroxylation is 2. The molecule has 1 aromatic heterocycles. The number of Topliss-reactive ketones (excluding diaryl/α,β-unsaturated/α-hetero) is 1. The van der Waals surface area contributed by atoms with Gasteiger partial charge in [0.1, 0.15) is 11.6 Å². The van der Waals surface area contributed by atoms with Crippen molar-refractivity contribution in [2.75, 3.05) is 0 Å². The van der Waals surface area contributed by atoms with Crippen molar-refractivity contribution in [2.45, 2.75) is 163 Å². The number of carbonyl (C=O) groups is 2. The molecule has 0 unspecified atom stereocenters. The molecule has 1 heterocycles. The maximum Gasteiger partial charge on any atom is 0.305 e. The van der Waals surface area contributed by atoms with Gasteiger partial charge in [-0.15, -0.1) is 0 Å². The summed E-state index contributed by atoms with van der Waals surface area (Å²) in [6.07, 6.45) is 5.49. The smallest absolute Gasteiger partial charge is 0.305 e. The lowest BCUT2D eigenvalue weighted by Crippen LogP contribution is -2.54. The standard InChI is InChI=1S/C40H70N2O6Si2/c1-27(21-19-17-18-20-22-33(43)30-23-24-32-31(25-30)41-29(3)42(32)12)36(48-50(15,16)39(7,8)9)28(2)37(46)40(10,11)34(26-35(44)45)47-49(13,14)38(4,5)6/h18,20,23-25,27-28,33-34,36,43H,17,19,21-22,26H2,1-16H3,(H,44,45)/b20-18+/t27-,28+,33-,34-,36-/m0/s1. The average molecular weight is 731 g/mol. The second-order valence-electron chi connectivity index (χ2n) is 18.3. The fourth-order valence-corrected chi connectivity index (χ4v) is 8.92. The zero-order chi connectivity index (χ0) is 38.6. The predicted octanol–water partition coefficient (Wildman–Crippen LogP) is 10.2. The summed E-state index contributed by atoms with van der Waals surface area (Å²) in [4.78, 5) is 31.2. The number of ketones is 1. The largest absolute Gasteiger partial charge is 0.481 e. The van der Waals surface area contributed by atoms with Crippen molar-refractivity contribution >= 4 is 39.4 Å². The van der Waals surface area contributed by atoms with E-state index in [1.807, 2.05) is 63.6 Å². The number of aliphatic hydroxyl groups is 1. The van der Waals surface area contributed by atoms with Crippen LogP contribution in [0.2, 0.25) is 36.3 Å². The third-order valence-corrected chi connectivity index (χ3v) is 20.8. The van der Waals surface area contributed by atoms with E-state index in [0.717, 1.165) is 41.7 Å². The first kappa shape index (κ1) is 44.0. The van der Waals surface area contributed by atoms with Crippen LogP contribution in [0.4, 0.5) is 0 Å². The number of carboxylic acid groups (broad SMARTS) is 1. The van der Waals surface area contributed by atoms with Crippen LogP contribution in [0.25, 0.3) is 11.0 Å². The molecular weight excluding hydrogens is 661 g/mol. The van der Waals surface area contributed by atoms with Gasteiger partial charge < -0.3 is 23.6 Å². The maximum absolute atomic E-state index is 14.5. The van der Waals surface area contributed by atoms with E-state index in [-0.39, 0.29) is 34.3 Å². The fourth-order valence-electron chi connectivity index (χ4n) is 6.00. The molecule has 10 heteroatoms. The lowest BCUT2D eigenvalue weighted by Gasteiger charge is -2.46. The molecule has 284 valence electrons. The molecule has 2 rings (SSSR count). The summed E-state index contributed by atoms with van der Waals surface area (Å²) < 4.78 is 15.8.